The van der Waals surface area contributed by atoms with Crippen LogP contribution in [0.15, 0.2) is 0 Å². The molecular weight excluding hydrogens is 530 g/mol. The summed E-state index contributed by atoms with van der Waals surface area (Å²) in [6.07, 6.45) is 0. The molecule has 2 unspecified atom stereocenters. The van der Waals surface area contributed by atoms with Crippen molar-refractivity contribution in [2.24, 2.45) is 58.7 Å². The number of aliphatic carboxylic acids is 4. The van der Waals surface area contributed by atoms with Crippen LogP contribution in [-0.2, 0) is 33.6 Å². The third-order valence-corrected chi connectivity index (χ3v) is 10.1. The molecule has 3 aliphatic carbocycles. The van der Waals surface area contributed by atoms with Crippen molar-refractivity contribution >= 4 is 41.6 Å². The van der Waals surface area contributed by atoms with Crippen molar-refractivity contribution in [3.63, 3.8) is 0 Å². The van der Waals surface area contributed by atoms with Gasteiger partial charge in [0.15, 0.2) is 0 Å². The summed E-state index contributed by atoms with van der Waals surface area (Å²) in [5, 5.41) is 38.6. The first-order valence-electron chi connectivity index (χ1n) is 13.4. The van der Waals surface area contributed by atoms with Gasteiger partial charge in [0.2, 0.25) is 17.7 Å². The fourth-order valence-electron chi connectivity index (χ4n) is 8.22. The minimum absolute atomic E-state index is 0.0817. The molecule has 14 nitrogen and oxygen atoms in total. The lowest BCUT2D eigenvalue weighted by molar-refractivity contribution is -0.159. The van der Waals surface area contributed by atoms with E-state index in [2.05, 4.69) is 0 Å². The lowest BCUT2D eigenvalue weighted by atomic mass is 9.93. The Morgan fingerprint density at radius 3 is 1.20 bits per heavy atom. The van der Waals surface area contributed by atoms with Crippen molar-refractivity contribution in [1.29, 1.82) is 0 Å². The van der Waals surface area contributed by atoms with Crippen molar-refractivity contribution in [2.45, 2.75) is 38.9 Å². The molecular formula is C26H31N3O11. The summed E-state index contributed by atoms with van der Waals surface area (Å²) in [5.74, 6) is -12.7. The Morgan fingerprint density at radius 2 is 0.850 bits per heavy atom. The van der Waals surface area contributed by atoms with Gasteiger partial charge >= 0.3 is 23.9 Å². The molecule has 0 aromatic carbocycles. The summed E-state index contributed by atoms with van der Waals surface area (Å²) in [6, 6.07) is -3.84. The van der Waals surface area contributed by atoms with Gasteiger partial charge in [0.25, 0.3) is 0 Å². The van der Waals surface area contributed by atoms with Crippen molar-refractivity contribution in [3.8, 4) is 0 Å². The first-order valence-corrected chi connectivity index (χ1v) is 13.4. The molecule has 6 fully saturated rings. The van der Waals surface area contributed by atoms with E-state index in [0.717, 1.165) is 4.90 Å². The van der Waals surface area contributed by atoms with Gasteiger partial charge in [-0.3, -0.25) is 28.8 Å². The number of hydrogen-bond donors (Lipinski definition) is 4. The van der Waals surface area contributed by atoms with Crippen LogP contribution >= 0.6 is 0 Å². The number of carboxylic acid groups (broad SMARTS) is 4. The Labute approximate surface area is 227 Å². The van der Waals surface area contributed by atoms with Crippen LogP contribution < -0.4 is 0 Å². The lowest BCUT2D eigenvalue weighted by Crippen LogP contribution is -2.59. The Hall–Kier alpha value is -3.71. The van der Waals surface area contributed by atoms with Crippen LogP contribution in [0.4, 0.5) is 0 Å². The minimum atomic E-state index is -1.41. The number of carbonyl (C=O) groups excluding carboxylic acids is 3. The maximum atomic E-state index is 14.1. The SMILES string of the molecule is CC(C)(C)C(=O)N1C[C@@H]2C(C(=O)O)[C@@H]2[C@H]1C(=O)N1C[C@@H]2C(C(=O)O)[C@@H]2[C@H]1C(=O)N1C[C@@H]2[C@@H](C(=O)O)[C@@H]2[C@H]1C(=O)O. The highest BCUT2D eigenvalue weighted by atomic mass is 16.4. The fraction of sp³-hybridized carbons (Fsp3) is 0.731. The van der Waals surface area contributed by atoms with Gasteiger partial charge in [0.05, 0.1) is 17.8 Å². The van der Waals surface area contributed by atoms with Gasteiger partial charge in [-0.2, -0.15) is 0 Å². The van der Waals surface area contributed by atoms with E-state index in [0.29, 0.717) is 0 Å². The molecule has 14 heteroatoms. The van der Waals surface area contributed by atoms with Crippen molar-refractivity contribution in [1.82, 2.24) is 14.7 Å². The Morgan fingerprint density at radius 1 is 0.525 bits per heavy atom. The second kappa shape index (κ2) is 8.16. The number of fused-ring (bicyclic) bond motifs is 3. The number of rotatable bonds is 6. The van der Waals surface area contributed by atoms with Gasteiger partial charge in [0, 0.05) is 42.8 Å². The van der Waals surface area contributed by atoms with Crippen LogP contribution in [-0.4, -0.2) is 114 Å². The van der Waals surface area contributed by atoms with E-state index < -0.39 is 112 Å². The number of hydrogen-bond acceptors (Lipinski definition) is 7. The van der Waals surface area contributed by atoms with E-state index in [9.17, 15) is 54.0 Å². The van der Waals surface area contributed by atoms with Gasteiger partial charge in [-0.1, -0.05) is 20.8 Å². The number of amides is 3. The molecule has 0 bridgehead atoms. The van der Waals surface area contributed by atoms with Crippen LogP contribution in [0, 0.1) is 58.7 Å². The van der Waals surface area contributed by atoms with Gasteiger partial charge < -0.3 is 35.1 Å². The molecule has 3 aliphatic heterocycles. The van der Waals surface area contributed by atoms with Crippen LogP contribution in [0.3, 0.4) is 0 Å². The van der Waals surface area contributed by atoms with Crippen LogP contribution in [0.2, 0.25) is 0 Å². The molecule has 6 aliphatic rings. The molecule has 6 rings (SSSR count). The first-order chi connectivity index (χ1) is 18.6. The third-order valence-electron chi connectivity index (χ3n) is 10.1. The van der Waals surface area contributed by atoms with E-state index in [1.54, 1.807) is 20.8 Å². The quantitative estimate of drug-likeness (QED) is 0.296. The summed E-state index contributed by atoms with van der Waals surface area (Å²) < 4.78 is 0. The molecule has 0 aromatic rings. The molecule has 12 atom stereocenters. The molecule has 0 radical (unpaired) electrons. The summed E-state index contributed by atoms with van der Waals surface area (Å²) in [4.78, 5) is 92.3. The zero-order chi connectivity index (χ0) is 29.3. The molecule has 0 spiro atoms. The third kappa shape index (κ3) is 3.49. The normalized spacial score (nSPS) is 42.0. The van der Waals surface area contributed by atoms with Gasteiger partial charge in [0.1, 0.15) is 18.1 Å². The topological polar surface area (TPSA) is 210 Å². The van der Waals surface area contributed by atoms with Gasteiger partial charge in [-0.15, -0.1) is 0 Å². The van der Waals surface area contributed by atoms with Gasteiger partial charge in [-0.05, 0) is 17.8 Å². The maximum Gasteiger partial charge on any atom is 0.326 e. The maximum absolute atomic E-state index is 14.1. The summed E-state index contributed by atoms with van der Waals surface area (Å²) in [6.45, 7) is 4.90. The Balaban J connectivity index is 1.31. The largest absolute Gasteiger partial charge is 0.481 e. The summed E-state index contributed by atoms with van der Waals surface area (Å²) >= 11 is 0. The van der Waals surface area contributed by atoms with Crippen molar-refractivity contribution < 1.29 is 54.0 Å². The predicted octanol–water partition coefficient (Wildman–Crippen LogP) is -1.41. The summed E-state index contributed by atoms with van der Waals surface area (Å²) in [7, 11) is 0. The molecule has 3 saturated carbocycles. The minimum Gasteiger partial charge on any atom is -0.481 e. The average molecular weight is 562 g/mol. The Bertz CT molecular complexity index is 1270. The van der Waals surface area contributed by atoms with E-state index in [4.69, 9.17) is 0 Å². The van der Waals surface area contributed by atoms with E-state index in [1.165, 1.54) is 9.80 Å². The molecule has 3 amide bonds. The predicted molar refractivity (Wildman–Crippen MR) is 128 cm³/mol. The van der Waals surface area contributed by atoms with Crippen LogP contribution in [0.25, 0.3) is 0 Å². The van der Waals surface area contributed by atoms with E-state index in [-0.39, 0.29) is 25.5 Å². The highest BCUT2D eigenvalue weighted by Crippen LogP contribution is 2.61. The van der Waals surface area contributed by atoms with Crippen molar-refractivity contribution in [2.75, 3.05) is 19.6 Å². The highest BCUT2D eigenvalue weighted by Gasteiger charge is 2.74. The van der Waals surface area contributed by atoms with Crippen molar-refractivity contribution in [3.05, 3.63) is 0 Å². The van der Waals surface area contributed by atoms with E-state index in [1.807, 2.05) is 0 Å². The molecule has 3 heterocycles. The molecule has 3 saturated heterocycles. The first kappa shape index (κ1) is 26.5. The number of nitrogens with zero attached hydrogens (tertiary/aromatic N) is 3. The molecule has 0 aromatic heterocycles. The molecule has 4 N–H and O–H groups in total. The zero-order valence-corrected chi connectivity index (χ0v) is 22.0. The lowest BCUT2D eigenvalue weighted by Gasteiger charge is -2.38. The monoisotopic (exact) mass is 561 g/mol. The summed E-state index contributed by atoms with van der Waals surface area (Å²) in [5.41, 5.74) is -0.864. The van der Waals surface area contributed by atoms with Gasteiger partial charge in [-0.25, -0.2) is 4.79 Å². The number of piperidine rings is 3. The highest BCUT2D eigenvalue weighted by molar-refractivity contribution is 5.98. The number of carbonyl (C=O) groups is 7. The second-order valence-corrected chi connectivity index (χ2v) is 13.2. The Kier molecular flexibility index (Phi) is 5.41. The standard InChI is InChI=1S/C26H31N3O11/c1-26(2,3)25(40)29-6-9-11(14(9)22(34)35)17(29)20(31)27-4-7-10(13(7)21(32)33)16(27)19(30)28-5-8-12(15(8)23(36)37)18(28)24(38)39/h7-18H,4-6H2,1-3H3,(H,32,33)(H,34,35)(H,36,37)(H,38,39)/t7-,8-,9-,10+,11+,12+,13?,14?,15+,16-,17-,18-/m0/s1. The average Bonchev–Trinajstić information content (AvgIpc) is 3.76. The smallest absolute Gasteiger partial charge is 0.326 e. The fourth-order valence-corrected chi connectivity index (χ4v) is 8.22. The van der Waals surface area contributed by atoms with Crippen LogP contribution in [0.1, 0.15) is 20.8 Å². The number of carboxylic acids is 4. The van der Waals surface area contributed by atoms with E-state index >= 15 is 0 Å². The molecule has 216 valence electrons. The van der Waals surface area contributed by atoms with Crippen LogP contribution in [0.5, 0.6) is 0 Å². The number of likely N-dealkylation sites (tertiary alicyclic amines) is 3. The molecule has 40 heavy (non-hydrogen) atoms. The zero-order valence-electron chi connectivity index (χ0n) is 22.0. The second-order valence-electron chi connectivity index (χ2n) is 13.2.